The highest BCUT2D eigenvalue weighted by Gasteiger charge is 2.31. The van der Waals surface area contributed by atoms with Gasteiger partial charge in [-0.25, -0.2) is 0 Å². The summed E-state index contributed by atoms with van der Waals surface area (Å²) in [7, 11) is 0. The van der Waals surface area contributed by atoms with Gasteiger partial charge in [0.05, 0.1) is 0 Å². The number of piperidine rings is 2. The van der Waals surface area contributed by atoms with Crippen molar-refractivity contribution in [1.29, 1.82) is 0 Å². The van der Waals surface area contributed by atoms with E-state index in [0.717, 1.165) is 25.4 Å². The van der Waals surface area contributed by atoms with Gasteiger partial charge >= 0.3 is 0 Å². The Labute approximate surface area is 118 Å². The first-order valence-corrected chi connectivity index (χ1v) is 8.11. The minimum absolute atomic E-state index is 0.394. The monoisotopic (exact) mass is 266 g/mol. The van der Waals surface area contributed by atoms with Crippen LogP contribution in [-0.4, -0.2) is 36.0 Å². The molecule has 2 fully saturated rings. The van der Waals surface area contributed by atoms with Crippen LogP contribution in [0, 0.1) is 11.8 Å². The van der Waals surface area contributed by atoms with Crippen molar-refractivity contribution in [3.63, 3.8) is 0 Å². The Bertz CT molecular complexity index is 289. The van der Waals surface area contributed by atoms with E-state index >= 15 is 0 Å². The molecule has 2 rings (SSSR count). The van der Waals surface area contributed by atoms with Gasteiger partial charge in [0.25, 0.3) is 0 Å². The van der Waals surface area contributed by atoms with Gasteiger partial charge in [0.2, 0.25) is 5.91 Å². The van der Waals surface area contributed by atoms with E-state index in [9.17, 15) is 4.79 Å². The maximum atomic E-state index is 12.6. The highest BCUT2D eigenvalue weighted by molar-refractivity contribution is 5.77. The molecular formula is C16H30N2O. The number of carbonyl (C=O) groups is 1. The van der Waals surface area contributed by atoms with E-state index in [1.54, 1.807) is 0 Å². The van der Waals surface area contributed by atoms with E-state index in [1.807, 2.05) is 0 Å². The number of amides is 1. The molecule has 3 nitrogen and oxygen atoms in total. The predicted molar refractivity (Wildman–Crippen MR) is 79.0 cm³/mol. The fourth-order valence-electron chi connectivity index (χ4n) is 3.87. The van der Waals surface area contributed by atoms with Crippen molar-refractivity contribution in [1.82, 2.24) is 10.2 Å². The third-order valence-electron chi connectivity index (χ3n) is 5.17. The number of hydrogen-bond acceptors (Lipinski definition) is 2. The van der Waals surface area contributed by atoms with Crippen LogP contribution >= 0.6 is 0 Å². The zero-order valence-corrected chi connectivity index (χ0v) is 12.8. The van der Waals surface area contributed by atoms with Crippen LogP contribution in [0.2, 0.25) is 0 Å². The molecule has 0 bridgehead atoms. The van der Waals surface area contributed by atoms with Gasteiger partial charge in [-0.1, -0.05) is 6.92 Å². The summed E-state index contributed by atoms with van der Waals surface area (Å²) >= 11 is 0. The van der Waals surface area contributed by atoms with E-state index in [-0.39, 0.29) is 0 Å². The number of carbonyl (C=O) groups excluding carboxylic acids is 1. The number of rotatable bonds is 3. The fraction of sp³-hybridized carbons (Fsp3) is 0.938. The second-order valence-electron chi connectivity index (χ2n) is 6.70. The maximum absolute atomic E-state index is 12.6. The molecule has 19 heavy (non-hydrogen) atoms. The Hall–Kier alpha value is -0.570. The Morgan fingerprint density at radius 1 is 1.16 bits per heavy atom. The second kappa shape index (κ2) is 6.74. The van der Waals surface area contributed by atoms with Gasteiger partial charge in [-0.15, -0.1) is 0 Å². The Morgan fingerprint density at radius 3 is 2.32 bits per heavy atom. The molecule has 3 heteroatoms. The Balaban J connectivity index is 1.88. The minimum Gasteiger partial charge on any atom is -0.337 e. The summed E-state index contributed by atoms with van der Waals surface area (Å²) in [4.78, 5) is 14.8. The maximum Gasteiger partial charge on any atom is 0.223 e. The SMILES string of the molecule is CC(CC(=O)N1C(C)CCCC1C)C1CCNCC1. The lowest BCUT2D eigenvalue weighted by Gasteiger charge is -2.40. The summed E-state index contributed by atoms with van der Waals surface area (Å²) in [5, 5.41) is 3.41. The van der Waals surface area contributed by atoms with Crippen molar-refractivity contribution in [3.8, 4) is 0 Å². The van der Waals surface area contributed by atoms with Gasteiger partial charge in [0.1, 0.15) is 0 Å². The molecule has 0 aromatic carbocycles. The van der Waals surface area contributed by atoms with E-state index in [4.69, 9.17) is 0 Å². The summed E-state index contributed by atoms with van der Waals surface area (Å²) in [5.74, 6) is 1.67. The lowest BCUT2D eigenvalue weighted by atomic mass is 9.83. The second-order valence-corrected chi connectivity index (χ2v) is 6.70. The molecule has 1 N–H and O–H groups in total. The molecule has 2 aliphatic heterocycles. The molecule has 2 saturated heterocycles. The molecule has 3 atom stereocenters. The Morgan fingerprint density at radius 2 is 1.74 bits per heavy atom. The van der Waals surface area contributed by atoms with Crippen molar-refractivity contribution in [2.75, 3.05) is 13.1 Å². The van der Waals surface area contributed by atoms with Crippen LogP contribution in [0.5, 0.6) is 0 Å². The topological polar surface area (TPSA) is 32.3 Å². The first-order chi connectivity index (χ1) is 9.09. The number of likely N-dealkylation sites (tertiary alicyclic amines) is 1. The number of hydrogen-bond donors (Lipinski definition) is 1. The van der Waals surface area contributed by atoms with Crippen LogP contribution in [0.4, 0.5) is 0 Å². The molecule has 1 amide bonds. The average molecular weight is 266 g/mol. The standard InChI is InChI=1S/C16H30N2O/c1-12(15-7-9-17-10-8-15)11-16(19)18-13(2)5-4-6-14(18)3/h12-15,17H,4-11H2,1-3H3. The van der Waals surface area contributed by atoms with Crippen LogP contribution in [0.15, 0.2) is 0 Å². The lowest BCUT2D eigenvalue weighted by Crippen LogP contribution is -2.48. The zero-order chi connectivity index (χ0) is 13.8. The van der Waals surface area contributed by atoms with Crippen molar-refractivity contribution in [2.24, 2.45) is 11.8 Å². The van der Waals surface area contributed by atoms with Crippen molar-refractivity contribution < 1.29 is 4.79 Å². The Kier molecular flexibility index (Phi) is 5.26. The van der Waals surface area contributed by atoms with Crippen molar-refractivity contribution in [3.05, 3.63) is 0 Å². The highest BCUT2D eigenvalue weighted by Crippen LogP contribution is 2.28. The quantitative estimate of drug-likeness (QED) is 0.852. The number of nitrogens with zero attached hydrogens (tertiary/aromatic N) is 1. The first-order valence-electron chi connectivity index (χ1n) is 8.11. The van der Waals surface area contributed by atoms with E-state index in [2.05, 4.69) is 31.0 Å². The minimum atomic E-state index is 0.394. The molecule has 3 unspecified atom stereocenters. The lowest BCUT2D eigenvalue weighted by molar-refractivity contribution is -0.138. The molecule has 0 saturated carbocycles. The molecule has 110 valence electrons. The zero-order valence-electron chi connectivity index (χ0n) is 12.8. The van der Waals surface area contributed by atoms with E-state index < -0.39 is 0 Å². The third-order valence-corrected chi connectivity index (χ3v) is 5.17. The fourth-order valence-corrected chi connectivity index (χ4v) is 3.87. The molecule has 0 radical (unpaired) electrons. The van der Waals surface area contributed by atoms with Crippen molar-refractivity contribution in [2.45, 2.75) is 71.4 Å². The van der Waals surface area contributed by atoms with Crippen LogP contribution in [0.1, 0.15) is 59.3 Å². The number of nitrogens with one attached hydrogen (secondary N) is 1. The van der Waals surface area contributed by atoms with Gasteiger partial charge < -0.3 is 10.2 Å². The molecule has 2 aliphatic rings. The molecule has 0 aromatic rings. The van der Waals surface area contributed by atoms with Gasteiger partial charge in [0.15, 0.2) is 0 Å². The molecule has 0 aliphatic carbocycles. The smallest absolute Gasteiger partial charge is 0.223 e. The third kappa shape index (κ3) is 3.71. The normalized spacial score (nSPS) is 31.2. The molecule has 2 heterocycles. The van der Waals surface area contributed by atoms with Crippen molar-refractivity contribution >= 4 is 5.91 Å². The largest absolute Gasteiger partial charge is 0.337 e. The van der Waals surface area contributed by atoms with Gasteiger partial charge in [-0.05, 0) is 70.9 Å². The summed E-state index contributed by atoms with van der Waals surface area (Å²) < 4.78 is 0. The van der Waals surface area contributed by atoms with Crippen LogP contribution in [0.25, 0.3) is 0 Å². The van der Waals surface area contributed by atoms with E-state index in [0.29, 0.717) is 23.9 Å². The average Bonchev–Trinajstić information content (AvgIpc) is 2.39. The predicted octanol–water partition coefficient (Wildman–Crippen LogP) is 2.80. The van der Waals surface area contributed by atoms with Gasteiger partial charge in [-0.3, -0.25) is 4.79 Å². The summed E-state index contributed by atoms with van der Waals surface area (Å²) in [5.41, 5.74) is 0. The molecule has 0 spiro atoms. The first kappa shape index (κ1) is 14.8. The van der Waals surface area contributed by atoms with Crippen LogP contribution < -0.4 is 5.32 Å². The molecule has 0 aromatic heterocycles. The van der Waals surface area contributed by atoms with E-state index in [1.165, 1.54) is 32.1 Å². The van der Waals surface area contributed by atoms with Crippen LogP contribution in [-0.2, 0) is 4.79 Å². The van der Waals surface area contributed by atoms with Crippen LogP contribution in [0.3, 0.4) is 0 Å². The molecular weight excluding hydrogens is 236 g/mol. The summed E-state index contributed by atoms with van der Waals surface area (Å²) in [6.45, 7) is 8.94. The highest BCUT2D eigenvalue weighted by atomic mass is 16.2. The van der Waals surface area contributed by atoms with Gasteiger partial charge in [-0.2, -0.15) is 0 Å². The van der Waals surface area contributed by atoms with Gasteiger partial charge in [0, 0.05) is 18.5 Å². The summed E-state index contributed by atoms with van der Waals surface area (Å²) in [6.07, 6.45) is 6.85. The summed E-state index contributed by atoms with van der Waals surface area (Å²) in [6, 6.07) is 0.882.